The van der Waals surface area contributed by atoms with Crippen LogP contribution in [0.15, 0.2) is 41.8 Å². The molecule has 0 N–H and O–H groups in total. The van der Waals surface area contributed by atoms with Crippen molar-refractivity contribution >= 4 is 28.1 Å². The number of aromatic nitrogens is 1. The van der Waals surface area contributed by atoms with Crippen molar-refractivity contribution in [1.29, 1.82) is 0 Å². The summed E-state index contributed by atoms with van der Waals surface area (Å²) in [7, 11) is 0. The second-order valence-corrected chi connectivity index (χ2v) is 8.33. The summed E-state index contributed by atoms with van der Waals surface area (Å²) in [5, 5.41) is 3.10. The van der Waals surface area contributed by atoms with E-state index in [0.717, 1.165) is 66.9 Å². The quantitative estimate of drug-likeness (QED) is 0.689. The normalized spacial score (nSPS) is 15.4. The summed E-state index contributed by atoms with van der Waals surface area (Å²) < 4.78 is 0. The van der Waals surface area contributed by atoms with Gasteiger partial charge in [-0.05, 0) is 49.9 Å². The Morgan fingerprint density at radius 2 is 1.93 bits per heavy atom. The minimum Gasteiger partial charge on any atom is -0.336 e. The number of carbonyl (C=O) groups excluding carboxylic acids is 1. The molecule has 5 heteroatoms. The average molecular weight is 380 g/mol. The van der Waals surface area contributed by atoms with Crippen molar-refractivity contribution in [2.45, 2.75) is 20.3 Å². The molecule has 2 aromatic heterocycles. The van der Waals surface area contributed by atoms with Gasteiger partial charge in [-0.3, -0.25) is 14.7 Å². The van der Waals surface area contributed by atoms with Gasteiger partial charge in [0.05, 0.1) is 11.1 Å². The molecular weight excluding hydrogens is 354 g/mol. The number of aryl methyl sites for hydroxylation is 2. The summed E-state index contributed by atoms with van der Waals surface area (Å²) in [4.78, 5) is 23.7. The number of rotatable bonds is 4. The SMILES string of the molecule is Cc1ccc2nc(C)cc(C(=O)N3CCN(CCc4cccs4)CC3)c2c1. The molecule has 4 nitrogen and oxygen atoms in total. The lowest BCUT2D eigenvalue weighted by atomic mass is 10.0. The third-order valence-electron chi connectivity index (χ3n) is 5.24. The molecule has 3 aromatic rings. The zero-order valence-corrected chi connectivity index (χ0v) is 16.8. The summed E-state index contributed by atoms with van der Waals surface area (Å²) in [6.45, 7) is 8.55. The van der Waals surface area contributed by atoms with Crippen LogP contribution < -0.4 is 0 Å². The van der Waals surface area contributed by atoms with Crippen molar-refractivity contribution < 1.29 is 4.79 Å². The molecule has 0 aliphatic carbocycles. The highest BCUT2D eigenvalue weighted by Gasteiger charge is 2.23. The molecule has 0 bridgehead atoms. The minimum atomic E-state index is 0.133. The van der Waals surface area contributed by atoms with Crippen molar-refractivity contribution in [1.82, 2.24) is 14.8 Å². The van der Waals surface area contributed by atoms with Gasteiger partial charge in [0.1, 0.15) is 0 Å². The van der Waals surface area contributed by atoms with Gasteiger partial charge in [0.2, 0.25) is 0 Å². The van der Waals surface area contributed by atoms with E-state index in [9.17, 15) is 4.79 Å². The molecule has 0 radical (unpaired) electrons. The van der Waals surface area contributed by atoms with E-state index in [1.54, 1.807) is 0 Å². The first-order chi connectivity index (χ1) is 13.1. The predicted molar refractivity (Wildman–Crippen MR) is 112 cm³/mol. The van der Waals surface area contributed by atoms with Gasteiger partial charge in [-0.15, -0.1) is 11.3 Å². The molecule has 1 aliphatic heterocycles. The van der Waals surface area contributed by atoms with Gasteiger partial charge in [-0.25, -0.2) is 0 Å². The van der Waals surface area contributed by atoms with Crippen molar-refractivity contribution in [3.05, 3.63) is 63.5 Å². The summed E-state index contributed by atoms with van der Waals surface area (Å²) in [6, 6.07) is 12.4. The van der Waals surface area contributed by atoms with E-state index in [1.165, 1.54) is 4.88 Å². The number of piperazine rings is 1. The average Bonchev–Trinajstić information content (AvgIpc) is 3.19. The Hall–Kier alpha value is -2.24. The van der Waals surface area contributed by atoms with Gasteiger partial charge in [0.25, 0.3) is 5.91 Å². The van der Waals surface area contributed by atoms with Crippen molar-refractivity contribution in [2.75, 3.05) is 32.7 Å². The van der Waals surface area contributed by atoms with Crippen molar-refractivity contribution in [3.63, 3.8) is 0 Å². The number of benzene rings is 1. The van der Waals surface area contributed by atoms with Gasteiger partial charge < -0.3 is 4.90 Å². The van der Waals surface area contributed by atoms with E-state index in [0.29, 0.717) is 0 Å². The molecule has 0 spiro atoms. The lowest BCUT2D eigenvalue weighted by Gasteiger charge is -2.35. The van der Waals surface area contributed by atoms with Crippen LogP contribution >= 0.6 is 11.3 Å². The van der Waals surface area contributed by atoms with Gasteiger partial charge in [0.15, 0.2) is 0 Å². The molecule has 27 heavy (non-hydrogen) atoms. The van der Waals surface area contributed by atoms with Gasteiger partial charge in [-0.2, -0.15) is 0 Å². The number of nitrogens with zero attached hydrogens (tertiary/aromatic N) is 3. The molecule has 1 aromatic carbocycles. The maximum atomic E-state index is 13.2. The number of pyridine rings is 1. The molecule has 4 rings (SSSR count). The highest BCUT2D eigenvalue weighted by atomic mass is 32.1. The van der Waals surface area contributed by atoms with E-state index >= 15 is 0 Å². The topological polar surface area (TPSA) is 36.4 Å². The van der Waals surface area contributed by atoms with Crippen molar-refractivity contribution in [3.8, 4) is 0 Å². The molecule has 1 aliphatic rings. The van der Waals surface area contributed by atoms with Gasteiger partial charge in [-0.1, -0.05) is 17.7 Å². The van der Waals surface area contributed by atoms with Crippen LogP contribution in [0.1, 0.15) is 26.5 Å². The number of carbonyl (C=O) groups is 1. The van der Waals surface area contributed by atoms with E-state index in [2.05, 4.69) is 46.5 Å². The summed E-state index contributed by atoms with van der Waals surface area (Å²) in [5.74, 6) is 0.133. The van der Waals surface area contributed by atoms with Crippen LogP contribution in [0.5, 0.6) is 0 Å². The number of hydrogen-bond acceptors (Lipinski definition) is 4. The first kappa shape index (κ1) is 18.1. The Bertz CT molecular complexity index is 944. The van der Waals surface area contributed by atoms with Crippen LogP contribution in [0.25, 0.3) is 10.9 Å². The Labute approximate surface area is 164 Å². The maximum Gasteiger partial charge on any atom is 0.254 e. The number of hydrogen-bond donors (Lipinski definition) is 0. The van der Waals surface area contributed by atoms with E-state index in [1.807, 2.05) is 35.3 Å². The van der Waals surface area contributed by atoms with E-state index < -0.39 is 0 Å². The standard InChI is InChI=1S/C22H25N3OS/c1-16-5-6-21-19(14-16)20(15-17(2)23-21)22(26)25-11-9-24(10-12-25)8-7-18-4-3-13-27-18/h3-6,13-15H,7-12H2,1-2H3. The first-order valence-electron chi connectivity index (χ1n) is 9.52. The Morgan fingerprint density at radius 3 is 2.67 bits per heavy atom. The molecule has 3 heterocycles. The lowest BCUT2D eigenvalue weighted by Crippen LogP contribution is -2.49. The third kappa shape index (κ3) is 4.04. The minimum absolute atomic E-state index is 0.133. The maximum absolute atomic E-state index is 13.2. The lowest BCUT2D eigenvalue weighted by molar-refractivity contribution is 0.0640. The molecule has 0 atom stereocenters. The third-order valence-corrected chi connectivity index (χ3v) is 6.17. The molecule has 1 amide bonds. The fourth-order valence-electron chi connectivity index (χ4n) is 3.72. The number of fused-ring (bicyclic) bond motifs is 1. The number of amides is 1. The molecule has 0 saturated carbocycles. The highest BCUT2D eigenvalue weighted by Crippen LogP contribution is 2.22. The van der Waals surface area contributed by atoms with Crippen LogP contribution in [-0.4, -0.2) is 53.4 Å². The molecule has 1 fully saturated rings. The Balaban J connectivity index is 1.45. The molecule has 0 unspecified atom stereocenters. The Kier molecular flexibility index (Phi) is 5.23. The van der Waals surface area contributed by atoms with Gasteiger partial charge >= 0.3 is 0 Å². The number of thiophene rings is 1. The highest BCUT2D eigenvalue weighted by molar-refractivity contribution is 7.09. The first-order valence-corrected chi connectivity index (χ1v) is 10.4. The fourth-order valence-corrected chi connectivity index (χ4v) is 4.42. The van der Waals surface area contributed by atoms with Crippen LogP contribution in [0, 0.1) is 13.8 Å². The van der Waals surface area contributed by atoms with Crippen LogP contribution in [0.3, 0.4) is 0 Å². The smallest absolute Gasteiger partial charge is 0.254 e. The second-order valence-electron chi connectivity index (χ2n) is 7.30. The van der Waals surface area contributed by atoms with Crippen molar-refractivity contribution in [2.24, 2.45) is 0 Å². The summed E-state index contributed by atoms with van der Waals surface area (Å²) >= 11 is 1.82. The largest absolute Gasteiger partial charge is 0.336 e. The molecular formula is C22H25N3OS. The summed E-state index contributed by atoms with van der Waals surface area (Å²) in [6.07, 6.45) is 1.10. The second kappa shape index (κ2) is 7.79. The monoisotopic (exact) mass is 379 g/mol. The van der Waals surface area contributed by atoms with Gasteiger partial charge in [0, 0.05) is 48.7 Å². The van der Waals surface area contributed by atoms with E-state index in [-0.39, 0.29) is 5.91 Å². The van der Waals surface area contributed by atoms with Crippen LogP contribution in [0.4, 0.5) is 0 Å². The molecule has 1 saturated heterocycles. The fraction of sp³-hybridized carbons (Fsp3) is 0.364. The zero-order chi connectivity index (χ0) is 18.8. The van der Waals surface area contributed by atoms with Crippen LogP contribution in [0.2, 0.25) is 0 Å². The van der Waals surface area contributed by atoms with E-state index in [4.69, 9.17) is 0 Å². The Morgan fingerprint density at radius 1 is 1.11 bits per heavy atom. The molecule has 140 valence electrons. The zero-order valence-electron chi connectivity index (χ0n) is 15.9. The predicted octanol–water partition coefficient (Wildman–Crippen LogP) is 3.91. The summed E-state index contributed by atoms with van der Waals surface area (Å²) in [5.41, 5.74) is 3.73. The van der Waals surface area contributed by atoms with Crippen LogP contribution in [-0.2, 0) is 6.42 Å².